The molecule has 0 aromatic heterocycles. The van der Waals surface area contributed by atoms with Crippen LogP contribution in [0.4, 0.5) is 0 Å². The minimum Gasteiger partial charge on any atom is -0.358 e. The minimum absolute atomic E-state index is 0. The van der Waals surface area contributed by atoms with E-state index in [0.717, 1.165) is 0 Å². The molecule has 0 saturated heterocycles. The van der Waals surface area contributed by atoms with Gasteiger partial charge in [0.2, 0.25) is 0 Å². The van der Waals surface area contributed by atoms with Crippen molar-refractivity contribution in [2.45, 2.75) is 13.8 Å². The summed E-state index contributed by atoms with van der Waals surface area (Å²) in [6, 6.07) is 0. The summed E-state index contributed by atoms with van der Waals surface area (Å²) in [5, 5.41) is 0. The van der Waals surface area contributed by atoms with E-state index in [-0.39, 0.29) is 162 Å². The first-order chi connectivity index (χ1) is 2.00. The molecular formula is C7H19K2V2-2. The molecule has 0 amide bonds. The average molecular weight is 283 g/mol. The summed E-state index contributed by atoms with van der Waals surface area (Å²) in [4.78, 5) is 0. The number of rotatable bonds is 0. The van der Waals surface area contributed by atoms with Gasteiger partial charge < -0.3 is 36.1 Å². The third kappa shape index (κ3) is 113. The third-order valence-corrected chi connectivity index (χ3v) is 0. The van der Waals surface area contributed by atoms with Crippen molar-refractivity contribution in [2.24, 2.45) is 0 Å². The van der Waals surface area contributed by atoms with Crippen molar-refractivity contribution in [1.29, 1.82) is 0 Å². The predicted molar refractivity (Wildman–Crippen MR) is 47.1 cm³/mol. The molecular weight excluding hydrogens is 264 g/mol. The summed E-state index contributed by atoms with van der Waals surface area (Å²) < 4.78 is 0. The Hall–Kier alpha value is 4.44. The molecule has 0 spiro atoms. The molecule has 0 aliphatic carbocycles. The molecule has 0 heterocycles. The molecule has 0 unspecified atom stereocenters. The fourth-order valence-electron chi connectivity index (χ4n) is 0. The quantitative estimate of drug-likeness (QED) is 0.421. The molecule has 0 N–H and O–H groups in total. The van der Waals surface area contributed by atoms with E-state index >= 15 is 0 Å². The van der Waals surface area contributed by atoms with Gasteiger partial charge in [0.25, 0.3) is 0 Å². The molecule has 0 atom stereocenters. The Morgan fingerprint density at radius 1 is 0.727 bits per heavy atom. The van der Waals surface area contributed by atoms with E-state index in [2.05, 4.69) is 13.8 Å². The molecule has 0 rings (SSSR count). The zero-order chi connectivity index (χ0) is 4.00. The van der Waals surface area contributed by atoms with Gasteiger partial charge in [0.15, 0.2) is 0 Å². The summed E-state index contributed by atoms with van der Waals surface area (Å²) in [6.45, 7) is 10.0. The van der Waals surface area contributed by atoms with Crippen LogP contribution in [0, 0.1) is 36.1 Å². The van der Waals surface area contributed by atoms with Crippen LogP contribution in [0.25, 0.3) is 0 Å². The van der Waals surface area contributed by atoms with E-state index in [1.807, 2.05) is 0 Å². The minimum atomic E-state index is 0. The second-order valence-electron chi connectivity index (χ2n) is 0. The Kier molecular flexibility index (Phi) is 933. The van der Waals surface area contributed by atoms with Gasteiger partial charge in [-0.1, -0.05) is 0 Å². The van der Waals surface area contributed by atoms with Gasteiger partial charge in [-0.25, -0.2) is 0 Å². The van der Waals surface area contributed by atoms with Crippen molar-refractivity contribution < 1.29 is 88.5 Å². The third-order valence-electron chi connectivity index (χ3n) is 0. The first-order valence-corrected chi connectivity index (χ1v) is 1.41. The predicted octanol–water partition coefficient (Wildman–Crippen LogP) is -0.350. The molecule has 0 saturated carbocycles. The summed E-state index contributed by atoms with van der Waals surface area (Å²) >= 11 is 0. The molecule has 3 radical (unpaired) electrons. The summed E-state index contributed by atoms with van der Waals surface area (Å²) in [7, 11) is 0. The average Bonchev–Trinajstić information content (AvgIpc) is 1.50. The number of hydrogen-bond acceptors (Lipinski definition) is 0. The van der Waals surface area contributed by atoms with Gasteiger partial charge in [0.1, 0.15) is 0 Å². The van der Waals surface area contributed by atoms with E-state index in [0.29, 0.717) is 0 Å². The fourth-order valence-corrected chi connectivity index (χ4v) is 0. The van der Waals surface area contributed by atoms with E-state index < -0.39 is 0 Å². The molecule has 0 aromatic carbocycles. The fraction of sp³-hybridized carbons (Fsp3) is 0.286. The van der Waals surface area contributed by atoms with Crippen LogP contribution in [0.3, 0.4) is 0 Å². The standard InChI is InChI=1S/2C2H5.3CH3.2K.2V/c2*1-2;;;;;;;/h2*1H2,2H3;3*1H3;;;;/q5*-1;;+1;;+2. The van der Waals surface area contributed by atoms with Crippen LogP contribution in [0.2, 0.25) is 0 Å². The SMILES string of the molecule is [CH2-]C.[CH2-]C.[CH3-].[CH3-].[CH3-].[K+].[K].[V+2].[V]. The Morgan fingerprint density at radius 3 is 0.727 bits per heavy atom. The van der Waals surface area contributed by atoms with Crippen LogP contribution in [-0.2, 0) is 37.1 Å². The van der Waals surface area contributed by atoms with Crippen molar-refractivity contribution in [1.82, 2.24) is 0 Å². The van der Waals surface area contributed by atoms with E-state index in [1.165, 1.54) is 0 Å². The van der Waals surface area contributed by atoms with Crippen LogP contribution >= 0.6 is 0 Å². The van der Waals surface area contributed by atoms with Crippen LogP contribution in [-0.4, -0.2) is 51.4 Å². The second kappa shape index (κ2) is 132. The van der Waals surface area contributed by atoms with Crippen molar-refractivity contribution >= 4 is 51.4 Å². The first-order valence-electron chi connectivity index (χ1n) is 1.41. The smallest absolute Gasteiger partial charge is 0.358 e. The molecule has 4 heteroatoms. The topological polar surface area (TPSA) is 0 Å². The van der Waals surface area contributed by atoms with Crippen molar-refractivity contribution in [3.63, 3.8) is 0 Å². The summed E-state index contributed by atoms with van der Waals surface area (Å²) in [6.07, 6.45) is 0. The normalized spacial score (nSPS) is 1.09. The van der Waals surface area contributed by atoms with Gasteiger partial charge >= 0.3 is 69.9 Å². The van der Waals surface area contributed by atoms with Gasteiger partial charge in [-0.2, -0.15) is 13.8 Å². The zero-order valence-electron chi connectivity index (χ0n) is 9.31. The summed E-state index contributed by atoms with van der Waals surface area (Å²) in [5.41, 5.74) is 0. The molecule has 0 aliphatic rings. The van der Waals surface area contributed by atoms with Crippen LogP contribution in [0.15, 0.2) is 0 Å². The van der Waals surface area contributed by atoms with Crippen molar-refractivity contribution in [3.8, 4) is 0 Å². The molecule has 0 aromatic rings. The van der Waals surface area contributed by atoms with Crippen LogP contribution in [0.1, 0.15) is 13.8 Å². The molecule has 61 valence electrons. The van der Waals surface area contributed by atoms with Crippen molar-refractivity contribution in [3.05, 3.63) is 36.1 Å². The molecule has 0 aliphatic heterocycles. The molecule has 0 fully saturated rings. The maximum atomic E-state index is 3.25. The Balaban J connectivity index is -0.000000000635. The Labute approximate surface area is 185 Å². The van der Waals surface area contributed by atoms with Gasteiger partial charge in [-0.05, 0) is 0 Å². The monoisotopic (exact) mass is 283 g/mol. The molecule has 0 nitrogen and oxygen atoms in total. The zero-order valence-corrected chi connectivity index (χ0v) is 18.3. The summed E-state index contributed by atoms with van der Waals surface area (Å²) in [5.74, 6) is 0. The van der Waals surface area contributed by atoms with Gasteiger partial charge in [0.05, 0.1) is 0 Å². The Bertz CT molecular complexity index is 14.4. The van der Waals surface area contributed by atoms with Crippen LogP contribution < -0.4 is 51.4 Å². The van der Waals surface area contributed by atoms with Gasteiger partial charge in [0, 0.05) is 69.9 Å². The maximum Gasteiger partial charge on any atom is 2.00 e. The van der Waals surface area contributed by atoms with E-state index in [9.17, 15) is 0 Å². The van der Waals surface area contributed by atoms with E-state index in [1.54, 1.807) is 13.8 Å². The second-order valence-corrected chi connectivity index (χ2v) is 0. The number of hydrogen-bond donors (Lipinski definition) is 0. The van der Waals surface area contributed by atoms with Crippen molar-refractivity contribution in [2.75, 3.05) is 0 Å². The molecule has 11 heavy (non-hydrogen) atoms. The van der Waals surface area contributed by atoms with Crippen LogP contribution in [0.5, 0.6) is 0 Å². The Morgan fingerprint density at radius 2 is 0.727 bits per heavy atom. The van der Waals surface area contributed by atoms with E-state index in [4.69, 9.17) is 0 Å². The maximum absolute atomic E-state index is 3.25. The largest absolute Gasteiger partial charge is 2.00 e. The molecule has 0 bridgehead atoms. The van der Waals surface area contributed by atoms with Gasteiger partial charge in [-0.15, -0.1) is 0 Å². The first kappa shape index (κ1) is 77.6. The van der Waals surface area contributed by atoms with Gasteiger partial charge in [-0.3, -0.25) is 0 Å².